The van der Waals surface area contributed by atoms with Crippen molar-refractivity contribution in [3.63, 3.8) is 0 Å². The maximum atomic E-state index is 13.1. The van der Waals surface area contributed by atoms with E-state index in [2.05, 4.69) is 45.2 Å². The van der Waals surface area contributed by atoms with Crippen molar-refractivity contribution in [2.75, 3.05) is 0 Å². The third kappa shape index (κ3) is 6.07. The lowest BCUT2D eigenvalue weighted by Crippen LogP contribution is -2.27. The summed E-state index contributed by atoms with van der Waals surface area (Å²) < 4.78 is 20.9. The third-order valence-corrected chi connectivity index (χ3v) is 8.06. The van der Waals surface area contributed by atoms with Gasteiger partial charge in [0.2, 0.25) is 0 Å². The van der Waals surface area contributed by atoms with Crippen LogP contribution in [0.15, 0.2) is 59.5 Å². The summed E-state index contributed by atoms with van der Waals surface area (Å²) >= 11 is 17.3. The summed E-state index contributed by atoms with van der Waals surface area (Å²) in [5.74, 6) is -0.0236. The van der Waals surface area contributed by atoms with Crippen LogP contribution in [-0.4, -0.2) is 16.0 Å². The highest BCUT2D eigenvalue weighted by molar-refractivity contribution is 14.1. The second-order valence-corrected chi connectivity index (χ2v) is 11.4. The summed E-state index contributed by atoms with van der Waals surface area (Å²) in [6.07, 6.45) is 1.70. The molecule has 4 nitrogen and oxygen atoms in total. The van der Waals surface area contributed by atoms with Gasteiger partial charge >= 0.3 is 0 Å². The molecule has 4 rings (SSSR count). The van der Waals surface area contributed by atoms with Gasteiger partial charge in [-0.3, -0.25) is 14.5 Å². The minimum absolute atomic E-state index is 0.0961. The Bertz CT molecular complexity index is 1300. The van der Waals surface area contributed by atoms with Crippen molar-refractivity contribution < 1.29 is 18.7 Å². The van der Waals surface area contributed by atoms with E-state index in [1.165, 1.54) is 12.1 Å². The van der Waals surface area contributed by atoms with Crippen LogP contribution in [0.1, 0.15) is 16.7 Å². The van der Waals surface area contributed by atoms with Gasteiger partial charge in [0.15, 0.2) is 0 Å². The first-order chi connectivity index (χ1) is 16.2. The van der Waals surface area contributed by atoms with Gasteiger partial charge in [0.25, 0.3) is 11.1 Å². The smallest absolute Gasteiger partial charge is 0.293 e. The Morgan fingerprint density at radius 1 is 0.941 bits per heavy atom. The van der Waals surface area contributed by atoms with Gasteiger partial charge in [-0.2, -0.15) is 0 Å². The summed E-state index contributed by atoms with van der Waals surface area (Å²) in [5.41, 5.74) is 2.35. The van der Waals surface area contributed by atoms with E-state index in [0.29, 0.717) is 32.9 Å². The molecule has 0 aromatic heterocycles. The van der Waals surface area contributed by atoms with Crippen LogP contribution in [0.5, 0.6) is 5.75 Å². The molecule has 0 bridgehead atoms. The highest BCUT2D eigenvalue weighted by atomic mass is 127. The maximum Gasteiger partial charge on any atom is 0.293 e. The molecular weight excluding hydrogens is 726 g/mol. The van der Waals surface area contributed by atoms with E-state index >= 15 is 0 Å². The second kappa shape index (κ2) is 11.2. The van der Waals surface area contributed by atoms with E-state index in [9.17, 15) is 14.0 Å². The Hall–Kier alpha value is -1.34. The van der Waals surface area contributed by atoms with Gasteiger partial charge in [0.05, 0.1) is 28.6 Å². The van der Waals surface area contributed by atoms with E-state index in [4.69, 9.17) is 27.9 Å². The Labute approximate surface area is 237 Å². The summed E-state index contributed by atoms with van der Waals surface area (Å²) in [4.78, 5) is 26.8. The zero-order chi connectivity index (χ0) is 24.4. The molecule has 0 atom stereocenters. The lowest BCUT2D eigenvalue weighted by atomic mass is 10.2. The molecule has 0 saturated carbocycles. The second-order valence-electron chi connectivity index (χ2n) is 7.25. The predicted octanol–water partition coefficient (Wildman–Crippen LogP) is 8.16. The van der Waals surface area contributed by atoms with Gasteiger partial charge < -0.3 is 4.74 Å². The average Bonchev–Trinajstić information content (AvgIpc) is 3.04. The summed E-state index contributed by atoms with van der Waals surface area (Å²) in [5, 5.41) is 0.600. The molecule has 1 fully saturated rings. The fraction of sp³-hybridized carbons (Fsp3) is 0.0833. The van der Waals surface area contributed by atoms with E-state index in [-0.39, 0.29) is 23.5 Å². The van der Waals surface area contributed by atoms with E-state index in [1.807, 2.05) is 18.2 Å². The number of halogens is 5. The quantitative estimate of drug-likeness (QED) is 0.189. The first-order valence-electron chi connectivity index (χ1n) is 9.77. The van der Waals surface area contributed by atoms with Crippen LogP contribution in [0.3, 0.4) is 0 Å². The normalized spacial score (nSPS) is 14.9. The molecule has 0 spiro atoms. The first-order valence-corrected chi connectivity index (χ1v) is 13.5. The fourth-order valence-electron chi connectivity index (χ4n) is 3.15. The Morgan fingerprint density at radius 3 is 2.24 bits per heavy atom. The number of hydrogen-bond acceptors (Lipinski definition) is 4. The van der Waals surface area contributed by atoms with Gasteiger partial charge in [0.1, 0.15) is 18.2 Å². The minimum atomic E-state index is -0.371. The van der Waals surface area contributed by atoms with Crippen molar-refractivity contribution >= 4 is 97.4 Å². The zero-order valence-electron chi connectivity index (χ0n) is 17.2. The van der Waals surface area contributed by atoms with Crippen molar-refractivity contribution in [3.05, 3.63) is 99.2 Å². The van der Waals surface area contributed by atoms with Crippen molar-refractivity contribution in [1.82, 2.24) is 4.90 Å². The van der Waals surface area contributed by atoms with Crippen LogP contribution in [-0.2, 0) is 17.9 Å². The molecule has 0 radical (unpaired) electrons. The molecule has 1 aliphatic rings. The molecule has 1 aliphatic heterocycles. The minimum Gasteiger partial charge on any atom is -0.487 e. The largest absolute Gasteiger partial charge is 0.487 e. The van der Waals surface area contributed by atoms with Crippen molar-refractivity contribution in [2.24, 2.45) is 0 Å². The molecule has 1 saturated heterocycles. The molecule has 10 heteroatoms. The van der Waals surface area contributed by atoms with Crippen molar-refractivity contribution in [1.29, 1.82) is 0 Å². The number of hydrogen-bond donors (Lipinski definition) is 0. The monoisotopic (exact) mass is 739 g/mol. The molecule has 0 aliphatic carbocycles. The van der Waals surface area contributed by atoms with Crippen molar-refractivity contribution in [3.8, 4) is 5.75 Å². The van der Waals surface area contributed by atoms with Crippen molar-refractivity contribution in [2.45, 2.75) is 13.2 Å². The van der Waals surface area contributed by atoms with Crippen LogP contribution in [0.25, 0.3) is 6.08 Å². The lowest BCUT2D eigenvalue weighted by Gasteiger charge is -2.13. The van der Waals surface area contributed by atoms with E-state index in [1.54, 1.807) is 30.3 Å². The number of carbonyl (C=O) groups excluding carboxylic acids is 2. The van der Waals surface area contributed by atoms with Gasteiger partial charge in [-0.25, -0.2) is 4.39 Å². The molecule has 1 heterocycles. The predicted molar refractivity (Wildman–Crippen MR) is 151 cm³/mol. The SMILES string of the molecule is O=C1SC(=Cc2cc(I)c(OCc3ccc(Cl)c(Cl)c3)c(I)c2)C(=O)N1Cc1ccc(F)cc1. The van der Waals surface area contributed by atoms with Crippen LogP contribution in [0, 0.1) is 13.0 Å². The van der Waals surface area contributed by atoms with Gasteiger partial charge in [-0.1, -0.05) is 41.4 Å². The highest BCUT2D eigenvalue weighted by Gasteiger charge is 2.35. The first kappa shape index (κ1) is 25.7. The number of amides is 2. The molecule has 174 valence electrons. The number of thioether (sulfide) groups is 1. The Balaban J connectivity index is 1.49. The zero-order valence-corrected chi connectivity index (χ0v) is 23.8. The molecule has 2 amide bonds. The number of imide groups is 1. The molecule has 3 aromatic rings. The number of nitrogens with zero attached hydrogens (tertiary/aromatic N) is 1. The lowest BCUT2D eigenvalue weighted by molar-refractivity contribution is -0.123. The van der Waals surface area contributed by atoms with Crippen LogP contribution < -0.4 is 4.74 Å². The van der Waals surface area contributed by atoms with Crippen LogP contribution in [0.4, 0.5) is 9.18 Å². The molecule has 34 heavy (non-hydrogen) atoms. The number of rotatable bonds is 6. The summed E-state index contributed by atoms with van der Waals surface area (Å²) in [7, 11) is 0. The number of benzene rings is 3. The summed E-state index contributed by atoms with van der Waals surface area (Å²) in [6.45, 7) is 0.420. The topological polar surface area (TPSA) is 46.6 Å². The fourth-order valence-corrected chi connectivity index (χ4v) is 6.43. The molecule has 0 unspecified atom stereocenters. The Kier molecular flexibility index (Phi) is 8.44. The average molecular weight is 740 g/mol. The Morgan fingerprint density at radius 2 is 1.59 bits per heavy atom. The number of ether oxygens (including phenoxy) is 1. The molecule has 0 N–H and O–H groups in total. The van der Waals surface area contributed by atoms with E-state index in [0.717, 1.165) is 34.9 Å². The maximum absolute atomic E-state index is 13.1. The summed E-state index contributed by atoms with van der Waals surface area (Å²) in [6, 6.07) is 14.8. The number of carbonyl (C=O) groups is 2. The van der Waals surface area contributed by atoms with E-state index < -0.39 is 0 Å². The molecular formula is C24H14Cl2FI2NO3S. The van der Waals surface area contributed by atoms with Gasteiger partial charge in [-0.15, -0.1) is 0 Å². The van der Waals surface area contributed by atoms with Gasteiger partial charge in [0, 0.05) is 0 Å². The van der Waals surface area contributed by atoms with Crippen LogP contribution in [0.2, 0.25) is 10.0 Å². The van der Waals surface area contributed by atoms with Gasteiger partial charge in [-0.05, 0) is 116 Å². The standard InChI is InChI=1S/C24H14Cl2FI2NO3S/c25-17-6-3-14(7-18(17)26)12-33-22-19(28)8-15(9-20(22)29)10-21-23(31)30(24(32)34-21)11-13-1-4-16(27)5-2-13/h1-10H,11-12H2. The third-order valence-electron chi connectivity index (χ3n) is 4.81. The van der Waals surface area contributed by atoms with Crippen LogP contribution >= 0.6 is 80.1 Å². The highest BCUT2D eigenvalue weighted by Crippen LogP contribution is 2.36. The molecule has 3 aromatic carbocycles.